The van der Waals surface area contributed by atoms with Gasteiger partial charge in [0.05, 0.1) is 0 Å². The second kappa shape index (κ2) is 7.43. The second-order valence-corrected chi connectivity index (χ2v) is 11.6. The number of carbonyl (C=O) groups excluding carboxylic acids is 1. The van der Waals surface area contributed by atoms with Gasteiger partial charge in [0.25, 0.3) is 0 Å². The average molecular weight is 409 g/mol. The number of nitrogens with zero attached hydrogens (tertiary/aromatic N) is 1. The minimum Gasteiger partial charge on any atom is -0.598 e. The molecular weight excluding hydrogens is 376 g/mol. The highest BCUT2D eigenvalue weighted by Gasteiger charge is 2.53. The van der Waals surface area contributed by atoms with E-state index in [0.29, 0.717) is 25.9 Å². The molecule has 0 aromatic heterocycles. The Kier molecular flexibility index (Phi) is 5.64. The van der Waals surface area contributed by atoms with E-state index in [9.17, 15) is 9.35 Å². The van der Waals surface area contributed by atoms with Gasteiger partial charge < -0.3 is 18.9 Å². The fourth-order valence-corrected chi connectivity index (χ4v) is 4.52. The average Bonchev–Trinajstić information content (AvgIpc) is 2.86. The molecule has 2 aliphatic heterocycles. The van der Waals surface area contributed by atoms with Crippen LogP contribution in [0.25, 0.3) is 0 Å². The minimum atomic E-state index is -1.23. The van der Waals surface area contributed by atoms with Gasteiger partial charge in [-0.25, -0.2) is 4.79 Å². The lowest BCUT2D eigenvalue weighted by Crippen LogP contribution is -2.56. The molecule has 28 heavy (non-hydrogen) atoms. The van der Waals surface area contributed by atoms with Crippen molar-refractivity contribution in [2.75, 3.05) is 13.1 Å². The van der Waals surface area contributed by atoms with Gasteiger partial charge in [-0.2, -0.15) is 0 Å². The molecule has 1 aromatic carbocycles. The van der Waals surface area contributed by atoms with E-state index < -0.39 is 22.6 Å². The van der Waals surface area contributed by atoms with Crippen molar-refractivity contribution in [3.8, 4) is 5.75 Å². The molecule has 7 heteroatoms. The standard InChI is InChI=1S/C21H32N2O4S/c1-19(2,3)27-18(24)23-13-11-21(12-14-23)17(22-28(25)20(4,5)6)15-9-7-8-10-16(15)26-21/h7-10,17,22H,11-14H2,1-6H3/t17-,28-/m1/s1. The van der Waals surface area contributed by atoms with Crippen molar-refractivity contribution in [2.45, 2.75) is 76.4 Å². The van der Waals surface area contributed by atoms with Crippen LogP contribution >= 0.6 is 0 Å². The SMILES string of the molecule is CC(C)(C)OC(=O)N1CCC2(CC1)Oc1ccccc1[C@H]2N[S@+]([O-])C(C)(C)C. The van der Waals surface area contributed by atoms with E-state index in [1.54, 1.807) is 4.90 Å². The van der Waals surface area contributed by atoms with E-state index in [1.165, 1.54) is 0 Å². The van der Waals surface area contributed by atoms with Crippen molar-refractivity contribution in [1.82, 2.24) is 9.62 Å². The van der Waals surface area contributed by atoms with E-state index in [-0.39, 0.29) is 16.9 Å². The van der Waals surface area contributed by atoms with Crippen molar-refractivity contribution >= 4 is 17.5 Å². The summed E-state index contributed by atoms with van der Waals surface area (Å²) in [5, 5.41) is 0. The third-order valence-corrected chi connectivity index (χ3v) is 6.67. The number of ether oxygens (including phenoxy) is 2. The first-order valence-corrected chi connectivity index (χ1v) is 11.0. The summed E-state index contributed by atoms with van der Waals surface area (Å²) >= 11 is -1.23. The summed E-state index contributed by atoms with van der Waals surface area (Å²) in [5.74, 6) is 0.830. The Balaban J connectivity index is 1.78. The van der Waals surface area contributed by atoms with Gasteiger partial charge >= 0.3 is 6.09 Å². The van der Waals surface area contributed by atoms with Crippen LogP contribution in [0.15, 0.2) is 24.3 Å². The van der Waals surface area contributed by atoms with Crippen LogP contribution in [-0.4, -0.2) is 44.6 Å². The van der Waals surface area contributed by atoms with Crippen LogP contribution in [0.2, 0.25) is 0 Å². The van der Waals surface area contributed by atoms with Crippen molar-refractivity contribution in [3.63, 3.8) is 0 Å². The minimum absolute atomic E-state index is 0.176. The van der Waals surface area contributed by atoms with Crippen LogP contribution in [0.5, 0.6) is 5.75 Å². The first kappa shape index (κ1) is 21.3. The molecule has 2 aliphatic rings. The van der Waals surface area contributed by atoms with E-state index in [0.717, 1.165) is 11.3 Å². The highest BCUT2D eigenvalue weighted by molar-refractivity contribution is 7.90. The first-order valence-electron chi connectivity index (χ1n) is 9.85. The number of fused-ring (bicyclic) bond motifs is 1. The van der Waals surface area contributed by atoms with Gasteiger partial charge in [0, 0.05) is 42.9 Å². The number of benzene rings is 1. The van der Waals surface area contributed by atoms with Crippen LogP contribution in [0.4, 0.5) is 4.79 Å². The Labute approximate surface area is 171 Å². The van der Waals surface area contributed by atoms with Crippen LogP contribution < -0.4 is 9.46 Å². The molecule has 0 saturated carbocycles. The second-order valence-electron chi connectivity index (χ2n) is 9.60. The largest absolute Gasteiger partial charge is 0.598 e. The topological polar surface area (TPSA) is 73.9 Å². The maximum Gasteiger partial charge on any atom is 0.410 e. The number of para-hydroxylation sites is 1. The van der Waals surface area contributed by atoms with E-state index in [4.69, 9.17) is 9.47 Å². The maximum absolute atomic E-state index is 12.8. The summed E-state index contributed by atoms with van der Waals surface area (Å²) in [6.45, 7) is 12.6. The molecule has 0 bridgehead atoms. The zero-order chi connectivity index (χ0) is 20.7. The molecule has 1 fully saturated rings. The number of likely N-dealkylation sites (tertiary alicyclic amines) is 1. The molecule has 2 heterocycles. The highest BCUT2D eigenvalue weighted by Crippen LogP contribution is 2.49. The molecule has 1 N–H and O–H groups in total. The summed E-state index contributed by atoms with van der Waals surface area (Å²) < 4.78 is 27.7. The zero-order valence-corrected chi connectivity index (χ0v) is 18.5. The summed E-state index contributed by atoms with van der Waals surface area (Å²) in [7, 11) is 0. The van der Waals surface area contributed by atoms with Crippen molar-refractivity contribution in [2.24, 2.45) is 0 Å². The van der Waals surface area contributed by atoms with Crippen molar-refractivity contribution in [3.05, 3.63) is 29.8 Å². The van der Waals surface area contributed by atoms with Crippen molar-refractivity contribution < 1.29 is 18.8 Å². The molecule has 1 saturated heterocycles. The summed E-state index contributed by atoms with van der Waals surface area (Å²) in [6, 6.07) is 7.74. The zero-order valence-electron chi connectivity index (χ0n) is 17.7. The molecule has 3 rings (SSSR count). The molecule has 6 nitrogen and oxygen atoms in total. The quantitative estimate of drug-likeness (QED) is 0.750. The smallest absolute Gasteiger partial charge is 0.410 e. The number of hydrogen-bond acceptors (Lipinski definition) is 5. The Morgan fingerprint density at radius 2 is 1.82 bits per heavy atom. The van der Waals surface area contributed by atoms with Gasteiger partial charge in [-0.15, -0.1) is 4.72 Å². The number of carbonyl (C=O) groups is 1. The highest BCUT2D eigenvalue weighted by atomic mass is 32.2. The first-order chi connectivity index (χ1) is 12.9. The Hall–Kier alpha value is -1.44. The Bertz CT molecular complexity index is 718. The molecule has 0 radical (unpaired) electrons. The molecule has 0 unspecified atom stereocenters. The monoisotopic (exact) mass is 408 g/mol. The summed E-state index contributed by atoms with van der Waals surface area (Å²) in [4.78, 5) is 14.2. The normalized spacial score (nSPS) is 22.5. The Morgan fingerprint density at radius 3 is 2.39 bits per heavy atom. The van der Waals surface area contributed by atoms with Gasteiger partial charge in [0.2, 0.25) is 0 Å². The van der Waals surface area contributed by atoms with Gasteiger partial charge in [0.1, 0.15) is 27.7 Å². The number of hydrogen-bond donors (Lipinski definition) is 1. The van der Waals surface area contributed by atoms with E-state index >= 15 is 0 Å². The number of rotatable bonds is 2. The Morgan fingerprint density at radius 1 is 1.21 bits per heavy atom. The predicted molar refractivity (Wildman–Crippen MR) is 111 cm³/mol. The van der Waals surface area contributed by atoms with Gasteiger partial charge in [-0.05, 0) is 47.6 Å². The lowest BCUT2D eigenvalue weighted by atomic mass is 9.83. The summed E-state index contributed by atoms with van der Waals surface area (Å²) in [5.41, 5.74) is 0.00848. The third kappa shape index (κ3) is 4.42. The van der Waals surface area contributed by atoms with Gasteiger partial charge in [-0.1, -0.05) is 18.2 Å². The van der Waals surface area contributed by atoms with Crippen LogP contribution in [0, 0.1) is 0 Å². The van der Waals surface area contributed by atoms with E-state index in [2.05, 4.69) is 4.72 Å². The lowest BCUT2D eigenvalue weighted by molar-refractivity contribution is -0.0204. The third-order valence-electron chi connectivity index (χ3n) is 5.11. The predicted octanol–water partition coefficient (Wildman–Crippen LogP) is 3.94. The van der Waals surface area contributed by atoms with Gasteiger partial charge in [0.15, 0.2) is 0 Å². The number of piperidine rings is 1. The fraction of sp³-hybridized carbons (Fsp3) is 0.667. The fourth-order valence-electron chi connectivity index (χ4n) is 3.61. The van der Waals surface area contributed by atoms with Crippen LogP contribution in [0.3, 0.4) is 0 Å². The molecule has 1 spiro atoms. The molecule has 1 aromatic rings. The lowest BCUT2D eigenvalue weighted by Gasteiger charge is -2.42. The molecule has 156 valence electrons. The number of nitrogens with one attached hydrogen (secondary N) is 1. The molecule has 1 amide bonds. The molecule has 2 atom stereocenters. The maximum atomic E-state index is 12.8. The van der Waals surface area contributed by atoms with Crippen molar-refractivity contribution in [1.29, 1.82) is 0 Å². The number of amides is 1. The van der Waals surface area contributed by atoms with Crippen LogP contribution in [-0.2, 0) is 16.1 Å². The molecule has 0 aliphatic carbocycles. The van der Waals surface area contributed by atoms with E-state index in [1.807, 2.05) is 65.8 Å². The summed E-state index contributed by atoms with van der Waals surface area (Å²) in [6.07, 6.45) is 1.01. The molecular formula is C21H32N2O4S. The van der Waals surface area contributed by atoms with Gasteiger partial charge in [-0.3, -0.25) is 0 Å². The van der Waals surface area contributed by atoms with Crippen LogP contribution in [0.1, 0.15) is 66.0 Å².